The molecule has 0 spiro atoms. The molecular formula is C14H22N2O4. The molecule has 0 aromatic rings. The van der Waals surface area contributed by atoms with Crippen LogP contribution in [0.3, 0.4) is 0 Å². The zero-order chi connectivity index (χ0) is 14.9. The molecule has 0 radical (unpaired) electrons. The number of carbonyl (C=O) groups excluding carboxylic acids is 2. The second kappa shape index (κ2) is 5.42. The summed E-state index contributed by atoms with van der Waals surface area (Å²) in [5, 5.41) is 11.6. The van der Waals surface area contributed by atoms with E-state index in [1.807, 2.05) is 0 Å². The van der Waals surface area contributed by atoms with Crippen LogP contribution in [-0.2, 0) is 14.4 Å². The summed E-state index contributed by atoms with van der Waals surface area (Å²) >= 11 is 0. The molecular weight excluding hydrogens is 260 g/mol. The number of carboxylic acids is 1. The largest absolute Gasteiger partial charge is 0.481 e. The molecule has 1 aliphatic heterocycles. The Hall–Kier alpha value is -1.59. The Morgan fingerprint density at radius 3 is 2.25 bits per heavy atom. The van der Waals surface area contributed by atoms with Gasteiger partial charge in [-0.25, -0.2) is 0 Å². The summed E-state index contributed by atoms with van der Waals surface area (Å²) in [5.41, 5.74) is -0.524. The van der Waals surface area contributed by atoms with E-state index in [0.717, 1.165) is 32.4 Å². The van der Waals surface area contributed by atoms with Crippen molar-refractivity contribution in [2.75, 3.05) is 19.6 Å². The Labute approximate surface area is 118 Å². The first-order valence-corrected chi connectivity index (χ1v) is 7.14. The summed E-state index contributed by atoms with van der Waals surface area (Å²) in [6.45, 7) is 5.01. The average Bonchev–Trinajstić information content (AvgIpc) is 3.00. The molecule has 2 atom stereocenters. The Morgan fingerprint density at radius 1 is 1.15 bits per heavy atom. The van der Waals surface area contributed by atoms with E-state index in [1.54, 1.807) is 18.7 Å². The van der Waals surface area contributed by atoms with Crippen LogP contribution in [-0.4, -0.2) is 47.4 Å². The predicted molar refractivity (Wildman–Crippen MR) is 71.8 cm³/mol. The number of rotatable bonds is 4. The highest BCUT2D eigenvalue weighted by Gasteiger charge is 2.65. The summed E-state index contributed by atoms with van der Waals surface area (Å²) in [6, 6.07) is 0. The van der Waals surface area contributed by atoms with Gasteiger partial charge in [-0.05, 0) is 24.7 Å². The molecule has 0 bridgehead atoms. The first-order chi connectivity index (χ1) is 9.35. The lowest BCUT2D eigenvalue weighted by molar-refractivity contribution is -0.140. The van der Waals surface area contributed by atoms with Crippen LogP contribution in [0.4, 0.5) is 0 Å². The normalized spacial score (nSPS) is 27.8. The second-order valence-corrected chi connectivity index (χ2v) is 6.27. The number of hydrogen-bond acceptors (Lipinski definition) is 3. The molecule has 1 saturated carbocycles. The van der Waals surface area contributed by atoms with Crippen molar-refractivity contribution >= 4 is 17.8 Å². The van der Waals surface area contributed by atoms with Crippen molar-refractivity contribution in [3.05, 3.63) is 0 Å². The second-order valence-electron chi connectivity index (χ2n) is 6.27. The van der Waals surface area contributed by atoms with Gasteiger partial charge < -0.3 is 15.3 Å². The number of carbonyl (C=O) groups is 3. The summed E-state index contributed by atoms with van der Waals surface area (Å²) < 4.78 is 0. The highest BCUT2D eigenvalue weighted by molar-refractivity contribution is 5.93. The molecule has 0 aromatic carbocycles. The van der Waals surface area contributed by atoms with Crippen molar-refractivity contribution in [2.45, 2.75) is 33.1 Å². The molecule has 1 heterocycles. The minimum atomic E-state index is -0.947. The van der Waals surface area contributed by atoms with E-state index in [2.05, 4.69) is 5.32 Å². The Bertz CT molecular complexity index is 427. The topological polar surface area (TPSA) is 86.7 Å². The summed E-state index contributed by atoms with van der Waals surface area (Å²) in [7, 11) is 0. The predicted octanol–water partition coefficient (Wildman–Crippen LogP) is 0.472. The number of likely N-dealkylation sites (tertiary alicyclic amines) is 1. The molecule has 0 aromatic heterocycles. The maximum absolute atomic E-state index is 12.0. The van der Waals surface area contributed by atoms with Crippen molar-refractivity contribution in [3.8, 4) is 0 Å². The van der Waals surface area contributed by atoms with Gasteiger partial charge in [-0.1, -0.05) is 13.8 Å². The van der Waals surface area contributed by atoms with Gasteiger partial charge >= 0.3 is 5.97 Å². The molecule has 112 valence electrons. The molecule has 1 aliphatic carbocycles. The summed E-state index contributed by atoms with van der Waals surface area (Å²) in [6.07, 6.45) is 3.17. The van der Waals surface area contributed by atoms with Gasteiger partial charge in [0.25, 0.3) is 0 Å². The fourth-order valence-corrected chi connectivity index (χ4v) is 3.12. The van der Waals surface area contributed by atoms with E-state index in [9.17, 15) is 14.4 Å². The van der Waals surface area contributed by atoms with E-state index in [4.69, 9.17) is 5.11 Å². The van der Waals surface area contributed by atoms with Crippen LogP contribution < -0.4 is 5.32 Å². The summed E-state index contributed by atoms with van der Waals surface area (Å²) in [5.74, 6) is -2.53. The zero-order valence-electron chi connectivity index (χ0n) is 12.0. The molecule has 2 rings (SSSR count). The molecule has 2 N–H and O–H groups in total. The van der Waals surface area contributed by atoms with Gasteiger partial charge in [0.15, 0.2) is 0 Å². The maximum Gasteiger partial charge on any atom is 0.307 e. The molecule has 2 fully saturated rings. The van der Waals surface area contributed by atoms with Crippen molar-refractivity contribution < 1.29 is 19.5 Å². The van der Waals surface area contributed by atoms with Gasteiger partial charge in [0, 0.05) is 13.1 Å². The standard InChI is InChI=1S/C14H22N2O4/c1-14(2)10(11(14)13(19)20)12(18)15-8-9(17)16-6-4-3-5-7-16/h10-11H,3-8H2,1-2H3,(H,15,18)(H,19,20)/t10-,11+/m1/s1. The number of nitrogens with zero attached hydrogens (tertiary/aromatic N) is 1. The molecule has 2 aliphatic rings. The van der Waals surface area contributed by atoms with Crippen LogP contribution in [0.5, 0.6) is 0 Å². The first-order valence-electron chi connectivity index (χ1n) is 7.14. The van der Waals surface area contributed by atoms with E-state index in [0.29, 0.717) is 0 Å². The smallest absolute Gasteiger partial charge is 0.307 e. The molecule has 0 unspecified atom stereocenters. The summed E-state index contributed by atoms with van der Waals surface area (Å²) in [4.78, 5) is 36.7. The Balaban J connectivity index is 1.81. The molecule has 20 heavy (non-hydrogen) atoms. The van der Waals surface area contributed by atoms with E-state index in [-0.39, 0.29) is 18.4 Å². The van der Waals surface area contributed by atoms with E-state index in [1.165, 1.54) is 0 Å². The lowest BCUT2D eigenvalue weighted by Crippen LogP contribution is -2.43. The monoisotopic (exact) mass is 282 g/mol. The first kappa shape index (κ1) is 14.8. The van der Waals surface area contributed by atoms with Crippen LogP contribution in [0.2, 0.25) is 0 Å². The van der Waals surface area contributed by atoms with Crippen LogP contribution >= 0.6 is 0 Å². The molecule has 6 heteroatoms. The number of aliphatic carboxylic acids is 1. The van der Waals surface area contributed by atoms with Crippen molar-refractivity contribution in [3.63, 3.8) is 0 Å². The molecule has 2 amide bonds. The van der Waals surface area contributed by atoms with Crippen molar-refractivity contribution in [2.24, 2.45) is 17.3 Å². The molecule has 1 saturated heterocycles. The van der Waals surface area contributed by atoms with Crippen LogP contribution in [0.25, 0.3) is 0 Å². The van der Waals surface area contributed by atoms with Gasteiger partial charge in [-0.3, -0.25) is 14.4 Å². The van der Waals surface area contributed by atoms with E-state index < -0.39 is 23.2 Å². The third kappa shape index (κ3) is 2.78. The quantitative estimate of drug-likeness (QED) is 0.785. The fourth-order valence-electron chi connectivity index (χ4n) is 3.12. The van der Waals surface area contributed by atoms with Crippen LogP contribution in [0.1, 0.15) is 33.1 Å². The number of hydrogen-bond donors (Lipinski definition) is 2. The van der Waals surface area contributed by atoms with Crippen LogP contribution in [0, 0.1) is 17.3 Å². The lowest BCUT2D eigenvalue weighted by Gasteiger charge is -2.26. The van der Waals surface area contributed by atoms with Crippen molar-refractivity contribution in [1.82, 2.24) is 10.2 Å². The minimum Gasteiger partial charge on any atom is -0.481 e. The average molecular weight is 282 g/mol. The number of carboxylic acid groups (broad SMARTS) is 1. The fraction of sp³-hybridized carbons (Fsp3) is 0.786. The SMILES string of the molecule is CC1(C)[C@H](C(=O)O)[C@@H]1C(=O)NCC(=O)N1CCCCC1. The van der Waals surface area contributed by atoms with Gasteiger partial charge in [-0.2, -0.15) is 0 Å². The van der Waals surface area contributed by atoms with Gasteiger partial charge in [0.2, 0.25) is 11.8 Å². The third-order valence-corrected chi connectivity index (χ3v) is 4.50. The zero-order valence-corrected chi connectivity index (χ0v) is 12.0. The Kier molecular flexibility index (Phi) is 4.01. The molecule has 6 nitrogen and oxygen atoms in total. The third-order valence-electron chi connectivity index (χ3n) is 4.50. The maximum atomic E-state index is 12.0. The highest BCUT2D eigenvalue weighted by Crippen LogP contribution is 2.58. The number of nitrogens with one attached hydrogen (secondary N) is 1. The lowest BCUT2D eigenvalue weighted by atomic mass is 10.1. The van der Waals surface area contributed by atoms with E-state index >= 15 is 0 Å². The van der Waals surface area contributed by atoms with Crippen LogP contribution in [0.15, 0.2) is 0 Å². The van der Waals surface area contributed by atoms with Gasteiger partial charge in [-0.15, -0.1) is 0 Å². The van der Waals surface area contributed by atoms with Gasteiger partial charge in [0.05, 0.1) is 18.4 Å². The Morgan fingerprint density at radius 2 is 1.75 bits per heavy atom. The number of amides is 2. The minimum absolute atomic E-state index is 0.0300. The van der Waals surface area contributed by atoms with Crippen molar-refractivity contribution in [1.29, 1.82) is 0 Å². The number of piperidine rings is 1. The van der Waals surface area contributed by atoms with Gasteiger partial charge in [0.1, 0.15) is 0 Å². The highest BCUT2D eigenvalue weighted by atomic mass is 16.4.